The van der Waals surface area contributed by atoms with Crippen LogP contribution in [0.25, 0.3) is 0 Å². The van der Waals surface area contributed by atoms with Crippen molar-refractivity contribution in [2.24, 2.45) is 5.41 Å². The number of nitrogens with zero attached hydrogens (tertiary/aromatic N) is 1. The van der Waals surface area contributed by atoms with Crippen LogP contribution in [0.5, 0.6) is 11.5 Å². The van der Waals surface area contributed by atoms with Gasteiger partial charge in [-0.1, -0.05) is 20.8 Å². The molecule has 9 heteroatoms. The predicted octanol–water partition coefficient (Wildman–Crippen LogP) is 3.88. The van der Waals surface area contributed by atoms with Gasteiger partial charge in [-0.15, -0.1) is 0 Å². The van der Waals surface area contributed by atoms with Crippen molar-refractivity contribution in [3.05, 3.63) is 50.4 Å². The summed E-state index contributed by atoms with van der Waals surface area (Å²) < 4.78 is 16.1. The van der Waals surface area contributed by atoms with Gasteiger partial charge < -0.3 is 19.5 Å². The van der Waals surface area contributed by atoms with Crippen LogP contribution in [0.4, 0.5) is 5.69 Å². The molecule has 1 aliphatic carbocycles. The lowest BCUT2D eigenvalue weighted by atomic mass is 9.68. The minimum atomic E-state index is -0.932. The lowest BCUT2D eigenvalue weighted by Gasteiger charge is -2.39. The molecule has 2 aliphatic heterocycles. The second-order valence-corrected chi connectivity index (χ2v) is 8.88. The summed E-state index contributed by atoms with van der Waals surface area (Å²) in [6, 6.07) is 2.81. The molecule has 0 bridgehead atoms. The van der Waals surface area contributed by atoms with Crippen LogP contribution in [0, 0.1) is 15.5 Å². The molecule has 32 heavy (non-hydrogen) atoms. The van der Waals surface area contributed by atoms with E-state index in [2.05, 4.69) is 5.32 Å². The van der Waals surface area contributed by atoms with Gasteiger partial charge in [0.2, 0.25) is 6.79 Å². The number of esters is 1. The molecule has 3 aliphatic rings. The molecule has 0 amide bonds. The number of dihydropyridines is 1. The van der Waals surface area contributed by atoms with Crippen LogP contribution in [0.15, 0.2) is 34.7 Å². The fraction of sp³-hybridized carbons (Fsp3) is 0.478. The summed E-state index contributed by atoms with van der Waals surface area (Å²) >= 11 is 0. The molecule has 1 aromatic carbocycles. The molecule has 170 valence electrons. The Morgan fingerprint density at radius 1 is 1.25 bits per heavy atom. The van der Waals surface area contributed by atoms with E-state index in [1.54, 1.807) is 6.92 Å². The summed E-state index contributed by atoms with van der Waals surface area (Å²) in [6.45, 7) is 7.67. The van der Waals surface area contributed by atoms with Crippen LogP contribution < -0.4 is 14.8 Å². The second-order valence-electron chi connectivity index (χ2n) is 8.88. The van der Waals surface area contributed by atoms with E-state index in [4.69, 9.17) is 14.2 Å². The zero-order valence-electron chi connectivity index (χ0n) is 18.6. The number of rotatable bonds is 5. The van der Waals surface area contributed by atoms with Gasteiger partial charge in [0.1, 0.15) is 0 Å². The summed E-state index contributed by atoms with van der Waals surface area (Å²) in [5, 5.41) is 15.3. The third kappa shape index (κ3) is 3.61. The minimum Gasteiger partial charge on any atom is -0.463 e. The highest BCUT2D eigenvalue weighted by Gasteiger charge is 2.46. The number of Topliss-reactive ketones (excluding diaryl/α,β-unsaturated/α-hetero) is 1. The highest BCUT2D eigenvalue weighted by Crippen LogP contribution is 2.51. The SMILES string of the molecule is CCOC(=O)C1=C(CC)NC2=C(C(=O)CC(C)(C)C2)[C@@H]1c1cc2c(cc1[N+](=O)[O-])OCO2. The van der Waals surface area contributed by atoms with Crippen LogP contribution in [0.3, 0.4) is 0 Å². The lowest BCUT2D eigenvalue weighted by Crippen LogP contribution is -2.39. The number of hydrogen-bond donors (Lipinski definition) is 1. The van der Waals surface area contributed by atoms with Gasteiger partial charge in [0.05, 0.1) is 29.1 Å². The van der Waals surface area contributed by atoms with E-state index in [0.717, 1.165) is 0 Å². The Morgan fingerprint density at radius 2 is 1.94 bits per heavy atom. The molecule has 0 unspecified atom stereocenters. The highest BCUT2D eigenvalue weighted by atomic mass is 16.7. The van der Waals surface area contributed by atoms with Gasteiger partial charge in [0.15, 0.2) is 17.3 Å². The highest BCUT2D eigenvalue weighted by molar-refractivity contribution is 6.04. The lowest BCUT2D eigenvalue weighted by molar-refractivity contribution is -0.385. The fourth-order valence-electron chi connectivity index (χ4n) is 4.73. The Kier molecular flexibility index (Phi) is 5.44. The number of ketones is 1. The Balaban J connectivity index is 2.00. The Labute approximate surface area is 185 Å². The minimum absolute atomic E-state index is 0.0516. The number of nitro benzene ring substituents is 1. The molecule has 0 aromatic heterocycles. The van der Waals surface area contributed by atoms with E-state index in [-0.39, 0.29) is 53.6 Å². The van der Waals surface area contributed by atoms with Crippen LogP contribution >= 0.6 is 0 Å². The Morgan fingerprint density at radius 3 is 2.56 bits per heavy atom. The molecule has 0 fully saturated rings. The maximum Gasteiger partial charge on any atom is 0.336 e. The number of allylic oxidation sites excluding steroid dienone is 3. The molecule has 0 radical (unpaired) electrons. The van der Waals surface area contributed by atoms with Crippen molar-refractivity contribution in [2.75, 3.05) is 13.4 Å². The van der Waals surface area contributed by atoms with E-state index in [1.807, 2.05) is 20.8 Å². The molecule has 0 saturated heterocycles. The first-order chi connectivity index (χ1) is 15.2. The first-order valence-corrected chi connectivity index (χ1v) is 10.7. The first-order valence-electron chi connectivity index (χ1n) is 10.7. The molecule has 1 aromatic rings. The normalized spacial score (nSPS) is 21.2. The number of benzene rings is 1. The van der Waals surface area contributed by atoms with E-state index < -0.39 is 16.8 Å². The molecular weight excluding hydrogens is 416 g/mol. The average Bonchev–Trinajstić information content (AvgIpc) is 3.18. The zero-order chi connectivity index (χ0) is 23.2. The van der Waals surface area contributed by atoms with Crippen molar-refractivity contribution in [1.82, 2.24) is 5.32 Å². The number of carbonyl (C=O) groups is 2. The van der Waals surface area contributed by atoms with Gasteiger partial charge >= 0.3 is 5.97 Å². The van der Waals surface area contributed by atoms with Crippen LogP contribution in [0.1, 0.15) is 58.4 Å². The molecule has 0 spiro atoms. The van der Waals surface area contributed by atoms with Gasteiger partial charge in [-0.3, -0.25) is 14.9 Å². The average molecular weight is 442 g/mol. The molecule has 0 saturated carbocycles. The van der Waals surface area contributed by atoms with Crippen molar-refractivity contribution < 1.29 is 28.7 Å². The van der Waals surface area contributed by atoms with Crippen molar-refractivity contribution in [3.8, 4) is 11.5 Å². The van der Waals surface area contributed by atoms with Crippen LogP contribution in [-0.2, 0) is 14.3 Å². The zero-order valence-corrected chi connectivity index (χ0v) is 18.6. The van der Waals surface area contributed by atoms with Gasteiger partial charge in [-0.2, -0.15) is 0 Å². The third-order valence-electron chi connectivity index (χ3n) is 6.00. The van der Waals surface area contributed by atoms with E-state index in [0.29, 0.717) is 35.6 Å². The van der Waals surface area contributed by atoms with Crippen molar-refractivity contribution in [2.45, 2.75) is 52.9 Å². The Hall–Kier alpha value is -3.36. The number of ether oxygens (including phenoxy) is 3. The van der Waals surface area contributed by atoms with Crippen LogP contribution in [0.2, 0.25) is 0 Å². The number of nitrogens with one attached hydrogen (secondary N) is 1. The second kappa shape index (κ2) is 7.96. The quantitative estimate of drug-likeness (QED) is 0.415. The maximum atomic E-state index is 13.4. The van der Waals surface area contributed by atoms with Crippen LogP contribution in [-0.4, -0.2) is 30.1 Å². The van der Waals surface area contributed by atoms with Crippen molar-refractivity contribution >= 4 is 17.4 Å². The van der Waals surface area contributed by atoms with Gasteiger partial charge in [0, 0.05) is 29.0 Å². The van der Waals surface area contributed by atoms with Crippen molar-refractivity contribution in [3.63, 3.8) is 0 Å². The summed E-state index contributed by atoms with van der Waals surface area (Å²) in [5.41, 5.74) is 1.62. The van der Waals surface area contributed by atoms with Gasteiger partial charge in [0.25, 0.3) is 5.69 Å². The predicted molar refractivity (Wildman–Crippen MR) is 114 cm³/mol. The van der Waals surface area contributed by atoms with E-state index >= 15 is 0 Å². The molecular formula is C23H26N2O7. The maximum absolute atomic E-state index is 13.4. The first kappa shape index (κ1) is 21.9. The van der Waals surface area contributed by atoms with E-state index in [9.17, 15) is 19.7 Å². The van der Waals surface area contributed by atoms with Gasteiger partial charge in [-0.25, -0.2) is 4.79 Å². The number of carbonyl (C=O) groups excluding carboxylic acids is 2. The summed E-state index contributed by atoms with van der Waals surface area (Å²) in [6.07, 6.45) is 1.33. The standard InChI is InChI=1S/C23H26N2O7/c1-5-13-21(22(27)30-6-2)19(20-14(24-13)9-23(3,4)10-16(20)26)12-7-17-18(32-11-31-17)8-15(12)25(28)29/h7-8,19,24H,5-6,9-11H2,1-4H3/t19-/m0/s1. The number of nitro groups is 1. The topological polar surface area (TPSA) is 117 Å². The summed E-state index contributed by atoms with van der Waals surface area (Å²) in [4.78, 5) is 38.0. The van der Waals surface area contributed by atoms with Crippen molar-refractivity contribution in [1.29, 1.82) is 0 Å². The molecule has 1 atom stereocenters. The number of fused-ring (bicyclic) bond motifs is 1. The molecule has 2 heterocycles. The molecule has 4 rings (SSSR count). The van der Waals surface area contributed by atoms with E-state index in [1.165, 1.54) is 12.1 Å². The largest absolute Gasteiger partial charge is 0.463 e. The summed E-state index contributed by atoms with van der Waals surface area (Å²) in [5.74, 6) is -1.07. The number of hydrogen-bond acceptors (Lipinski definition) is 8. The third-order valence-corrected chi connectivity index (χ3v) is 6.00. The fourth-order valence-corrected chi connectivity index (χ4v) is 4.73. The molecule has 1 N–H and O–H groups in total. The van der Waals surface area contributed by atoms with Gasteiger partial charge in [-0.05, 0) is 31.2 Å². The monoisotopic (exact) mass is 442 g/mol. The summed E-state index contributed by atoms with van der Waals surface area (Å²) in [7, 11) is 0. The molecule has 9 nitrogen and oxygen atoms in total. The smallest absolute Gasteiger partial charge is 0.336 e. The Bertz CT molecular complexity index is 1080.